The van der Waals surface area contributed by atoms with Crippen LogP contribution in [0.2, 0.25) is 0 Å². The highest BCUT2D eigenvalue weighted by atomic mass is 16.5. The summed E-state index contributed by atoms with van der Waals surface area (Å²) in [6, 6.07) is 17.7. The summed E-state index contributed by atoms with van der Waals surface area (Å²) in [5.74, 6) is 1.16. The largest absolute Gasteiger partial charge is 0.494 e. The zero-order chi connectivity index (χ0) is 24.1. The van der Waals surface area contributed by atoms with E-state index < -0.39 is 0 Å². The van der Waals surface area contributed by atoms with Crippen molar-refractivity contribution < 1.29 is 9.53 Å². The summed E-state index contributed by atoms with van der Waals surface area (Å²) in [5, 5.41) is 7.45. The van der Waals surface area contributed by atoms with E-state index in [1.807, 2.05) is 43.3 Å². The van der Waals surface area contributed by atoms with Gasteiger partial charge in [-0.15, -0.1) is 0 Å². The standard InChI is InChI=1S/C27H30N4O3/c1-4-34-23-11-5-20(6-12-23)18-28-26(32)13-14-30-15-16-31-25(27(30)33)17-24(29-31)22-9-7-21(8-10-22)19(2)3/h5-12,15-17,19H,4,13-14,18H2,1-3H3,(H,28,32). The lowest BCUT2D eigenvalue weighted by molar-refractivity contribution is -0.121. The maximum atomic E-state index is 13.0. The number of carbonyl (C=O) groups excluding carboxylic acids is 1. The molecule has 0 radical (unpaired) electrons. The van der Waals surface area contributed by atoms with Crippen molar-refractivity contribution in [1.82, 2.24) is 19.5 Å². The molecule has 1 N–H and O–H groups in total. The lowest BCUT2D eigenvalue weighted by Crippen LogP contribution is -2.27. The van der Waals surface area contributed by atoms with Gasteiger partial charge in [0.1, 0.15) is 11.3 Å². The van der Waals surface area contributed by atoms with E-state index in [1.165, 1.54) is 5.56 Å². The van der Waals surface area contributed by atoms with Crippen LogP contribution in [-0.4, -0.2) is 26.7 Å². The molecule has 2 aromatic carbocycles. The summed E-state index contributed by atoms with van der Waals surface area (Å²) in [6.07, 6.45) is 3.64. The molecule has 0 saturated heterocycles. The highest BCUT2D eigenvalue weighted by molar-refractivity contribution is 5.75. The van der Waals surface area contributed by atoms with Gasteiger partial charge in [0.05, 0.1) is 12.3 Å². The van der Waals surface area contributed by atoms with Crippen molar-refractivity contribution in [2.24, 2.45) is 0 Å². The fourth-order valence-electron chi connectivity index (χ4n) is 3.76. The molecule has 2 heterocycles. The molecular weight excluding hydrogens is 428 g/mol. The Hall–Kier alpha value is -3.87. The molecule has 0 fully saturated rings. The van der Waals surface area contributed by atoms with Gasteiger partial charge in [0, 0.05) is 37.5 Å². The molecule has 34 heavy (non-hydrogen) atoms. The number of aryl methyl sites for hydroxylation is 1. The number of nitrogens with zero attached hydrogens (tertiary/aromatic N) is 3. The molecule has 1 amide bonds. The van der Waals surface area contributed by atoms with Gasteiger partial charge >= 0.3 is 0 Å². The van der Waals surface area contributed by atoms with Crippen molar-refractivity contribution in [3.05, 3.63) is 88.5 Å². The van der Waals surface area contributed by atoms with Gasteiger partial charge in [-0.25, -0.2) is 4.52 Å². The van der Waals surface area contributed by atoms with Crippen molar-refractivity contribution >= 4 is 11.4 Å². The minimum absolute atomic E-state index is 0.111. The van der Waals surface area contributed by atoms with E-state index in [9.17, 15) is 9.59 Å². The first-order valence-electron chi connectivity index (χ1n) is 11.6. The second kappa shape index (κ2) is 10.4. The summed E-state index contributed by atoms with van der Waals surface area (Å²) < 4.78 is 8.58. The SMILES string of the molecule is CCOc1ccc(CNC(=O)CCn2ccn3nc(-c4ccc(C(C)C)cc4)cc3c2=O)cc1. The first-order valence-corrected chi connectivity index (χ1v) is 11.6. The molecule has 0 atom stereocenters. The summed E-state index contributed by atoms with van der Waals surface area (Å²) in [6.45, 7) is 7.60. The van der Waals surface area contributed by atoms with E-state index in [0.29, 0.717) is 31.1 Å². The van der Waals surface area contributed by atoms with Crippen LogP contribution in [0, 0.1) is 0 Å². The topological polar surface area (TPSA) is 77.6 Å². The molecule has 0 spiro atoms. The van der Waals surface area contributed by atoms with E-state index in [4.69, 9.17) is 4.74 Å². The van der Waals surface area contributed by atoms with Gasteiger partial charge in [0.25, 0.3) is 5.56 Å². The van der Waals surface area contributed by atoms with Crippen LogP contribution in [-0.2, 0) is 17.9 Å². The molecule has 2 aromatic heterocycles. The third kappa shape index (κ3) is 5.36. The van der Waals surface area contributed by atoms with Crippen LogP contribution in [0.3, 0.4) is 0 Å². The first-order chi connectivity index (χ1) is 16.4. The van der Waals surface area contributed by atoms with E-state index in [2.05, 4.69) is 36.4 Å². The third-order valence-electron chi connectivity index (χ3n) is 5.78. The van der Waals surface area contributed by atoms with Crippen molar-refractivity contribution in [2.75, 3.05) is 6.61 Å². The second-order valence-electron chi connectivity index (χ2n) is 8.54. The molecule has 0 aliphatic rings. The number of aromatic nitrogens is 3. The molecule has 0 saturated carbocycles. The van der Waals surface area contributed by atoms with Gasteiger partial charge in [-0.2, -0.15) is 5.10 Å². The number of ether oxygens (including phenoxy) is 1. The number of hydrogen-bond donors (Lipinski definition) is 1. The Morgan fingerprint density at radius 1 is 1.06 bits per heavy atom. The summed E-state index contributed by atoms with van der Waals surface area (Å²) in [5.41, 5.74) is 4.28. The Kier molecular flexibility index (Phi) is 7.11. The average molecular weight is 459 g/mol. The number of amides is 1. The Morgan fingerprint density at radius 3 is 2.47 bits per heavy atom. The van der Waals surface area contributed by atoms with Crippen molar-refractivity contribution in [1.29, 1.82) is 0 Å². The predicted molar refractivity (Wildman–Crippen MR) is 133 cm³/mol. The third-order valence-corrected chi connectivity index (χ3v) is 5.78. The smallest absolute Gasteiger partial charge is 0.276 e. The Morgan fingerprint density at radius 2 is 1.79 bits per heavy atom. The van der Waals surface area contributed by atoms with Crippen molar-refractivity contribution in [3.63, 3.8) is 0 Å². The average Bonchev–Trinajstić information content (AvgIpc) is 3.29. The van der Waals surface area contributed by atoms with E-state index in [0.717, 1.165) is 22.6 Å². The normalized spacial score (nSPS) is 11.2. The van der Waals surface area contributed by atoms with Crippen molar-refractivity contribution in [3.8, 4) is 17.0 Å². The fourth-order valence-corrected chi connectivity index (χ4v) is 3.76. The lowest BCUT2D eigenvalue weighted by atomic mass is 10.0. The molecule has 176 valence electrons. The number of hydrogen-bond acceptors (Lipinski definition) is 4. The summed E-state index contributed by atoms with van der Waals surface area (Å²) in [4.78, 5) is 25.3. The summed E-state index contributed by atoms with van der Waals surface area (Å²) in [7, 11) is 0. The first kappa shape index (κ1) is 23.3. The number of rotatable bonds is 9. The number of fused-ring (bicyclic) bond motifs is 1. The van der Waals surface area contributed by atoms with Crippen LogP contribution >= 0.6 is 0 Å². The number of benzene rings is 2. The van der Waals surface area contributed by atoms with Gasteiger partial charge in [0.15, 0.2) is 0 Å². The molecule has 0 aliphatic heterocycles. The lowest BCUT2D eigenvalue weighted by Gasteiger charge is -2.08. The van der Waals surface area contributed by atoms with E-state index in [1.54, 1.807) is 27.5 Å². The minimum atomic E-state index is -0.167. The van der Waals surface area contributed by atoms with Gasteiger partial charge < -0.3 is 14.6 Å². The van der Waals surface area contributed by atoms with Crippen LogP contribution in [0.25, 0.3) is 16.8 Å². The van der Waals surface area contributed by atoms with Gasteiger partial charge in [0.2, 0.25) is 5.91 Å². The molecule has 4 aromatic rings. The maximum absolute atomic E-state index is 13.0. The highest BCUT2D eigenvalue weighted by Gasteiger charge is 2.11. The van der Waals surface area contributed by atoms with Crippen LogP contribution in [0.4, 0.5) is 0 Å². The zero-order valence-corrected chi connectivity index (χ0v) is 19.8. The zero-order valence-electron chi connectivity index (χ0n) is 19.8. The fraction of sp³-hybridized carbons (Fsp3) is 0.296. The molecule has 0 bridgehead atoms. The van der Waals surface area contributed by atoms with Crippen LogP contribution < -0.4 is 15.6 Å². The van der Waals surface area contributed by atoms with Gasteiger partial charge in [-0.05, 0) is 42.2 Å². The molecule has 0 unspecified atom stereocenters. The number of carbonyl (C=O) groups is 1. The summed E-state index contributed by atoms with van der Waals surface area (Å²) >= 11 is 0. The van der Waals surface area contributed by atoms with Gasteiger partial charge in [-0.1, -0.05) is 50.2 Å². The number of nitrogens with one attached hydrogen (secondary N) is 1. The molecule has 7 nitrogen and oxygen atoms in total. The van der Waals surface area contributed by atoms with E-state index >= 15 is 0 Å². The second-order valence-corrected chi connectivity index (χ2v) is 8.54. The Labute approximate surface area is 199 Å². The predicted octanol–water partition coefficient (Wildman–Crippen LogP) is 4.39. The Bertz CT molecular complexity index is 1320. The maximum Gasteiger partial charge on any atom is 0.276 e. The highest BCUT2D eigenvalue weighted by Crippen LogP contribution is 2.22. The van der Waals surface area contributed by atoms with Crippen molar-refractivity contribution in [2.45, 2.75) is 46.2 Å². The molecule has 4 rings (SSSR count). The van der Waals surface area contributed by atoms with Gasteiger partial charge in [-0.3, -0.25) is 9.59 Å². The monoisotopic (exact) mass is 458 g/mol. The molecule has 7 heteroatoms. The van der Waals surface area contributed by atoms with Crippen LogP contribution in [0.1, 0.15) is 44.2 Å². The quantitative estimate of drug-likeness (QED) is 0.404. The minimum Gasteiger partial charge on any atom is -0.494 e. The molecule has 0 aliphatic carbocycles. The van der Waals surface area contributed by atoms with Crippen LogP contribution in [0.15, 0.2) is 71.8 Å². The van der Waals surface area contributed by atoms with E-state index in [-0.39, 0.29) is 17.9 Å². The Balaban J connectivity index is 1.38. The molecular formula is C27H30N4O3. The van der Waals surface area contributed by atoms with Crippen LogP contribution in [0.5, 0.6) is 5.75 Å².